The number of fused-ring (bicyclic) bond motifs is 2. The molecule has 1 N–H and O–H groups in total. The number of para-hydroxylation sites is 2. The zero-order valence-corrected chi connectivity index (χ0v) is 20.3. The van der Waals surface area contributed by atoms with Gasteiger partial charge in [0.05, 0.1) is 12.7 Å². The van der Waals surface area contributed by atoms with Crippen LogP contribution in [-0.2, 0) is 22.4 Å². The Morgan fingerprint density at radius 2 is 1.97 bits per heavy atom. The molecule has 0 bridgehead atoms. The second-order valence-electron chi connectivity index (χ2n) is 8.14. The Hall–Kier alpha value is -3.10. The first-order valence-corrected chi connectivity index (χ1v) is 13.0. The van der Waals surface area contributed by atoms with E-state index in [0.29, 0.717) is 27.5 Å². The van der Waals surface area contributed by atoms with Crippen LogP contribution in [0.3, 0.4) is 0 Å². The van der Waals surface area contributed by atoms with Crippen LogP contribution in [0.4, 0.5) is 5.00 Å². The lowest BCUT2D eigenvalue weighted by Crippen LogP contribution is -2.16. The molecule has 5 rings (SSSR count). The predicted molar refractivity (Wildman–Crippen MR) is 135 cm³/mol. The van der Waals surface area contributed by atoms with E-state index in [1.807, 2.05) is 30.3 Å². The van der Waals surface area contributed by atoms with Gasteiger partial charge < -0.3 is 14.5 Å². The number of thioether (sulfide) groups is 1. The SMILES string of the molecule is COC(=O)c1c(NC(=O)CCSc2nc3ccccc3o2)sc2c1CCC(c1ccccc1)C2. The number of oxazole rings is 1. The van der Waals surface area contributed by atoms with Crippen molar-refractivity contribution in [3.63, 3.8) is 0 Å². The third kappa shape index (κ3) is 4.74. The van der Waals surface area contributed by atoms with E-state index in [1.54, 1.807) is 0 Å². The Morgan fingerprint density at radius 3 is 2.76 bits per heavy atom. The van der Waals surface area contributed by atoms with E-state index in [1.165, 1.54) is 35.8 Å². The Bertz CT molecular complexity index is 1300. The summed E-state index contributed by atoms with van der Waals surface area (Å²) in [7, 11) is 1.38. The van der Waals surface area contributed by atoms with Crippen molar-refractivity contribution in [3.05, 3.63) is 76.2 Å². The third-order valence-corrected chi connectivity index (χ3v) is 8.01. The predicted octanol–water partition coefficient (Wildman–Crippen LogP) is 6.07. The topological polar surface area (TPSA) is 81.4 Å². The van der Waals surface area contributed by atoms with Gasteiger partial charge in [-0.1, -0.05) is 54.2 Å². The maximum atomic E-state index is 12.7. The highest BCUT2D eigenvalue weighted by Crippen LogP contribution is 2.42. The summed E-state index contributed by atoms with van der Waals surface area (Å²) in [6.07, 6.45) is 2.89. The number of rotatable bonds is 7. The molecule has 2 aromatic carbocycles. The van der Waals surface area contributed by atoms with Crippen LogP contribution in [-0.4, -0.2) is 29.7 Å². The first kappa shape index (κ1) is 22.7. The van der Waals surface area contributed by atoms with Gasteiger partial charge in [0, 0.05) is 17.1 Å². The molecule has 1 atom stereocenters. The molecule has 0 fully saturated rings. The molecule has 2 heterocycles. The first-order valence-electron chi connectivity index (χ1n) is 11.2. The minimum atomic E-state index is -0.396. The average molecular weight is 493 g/mol. The number of methoxy groups -OCH3 is 1. The third-order valence-electron chi connectivity index (χ3n) is 6.01. The van der Waals surface area contributed by atoms with Gasteiger partial charge in [-0.2, -0.15) is 0 Å². The van der Waals surface area contributed by atoms with Crippen molar-refractivity contribution >= 4 is 51.1 Å². The van der Waals surface area contributed by atoms with E-state index in [2.05, 4.69) is 34.6 Å². The molecule has 34 heavy (non-hydrogen) atoms. The van der Waals surface area contributed by atoms with Crippen LogP contribution in [0.15, 0.2) is 64.2 Å². The maximum Gasteiger partial charge on any atom is 0.341 e. The van der Waals surface area contributed by atoms with Gasteiger partial charge >= 0.3 is 5.97 Å². The van der Waals surface area contributed by atoms with Gasteiger partial charge in [-0.15, -0.1) is 11.3 Å². The van der Waals surface area contributed by atoms with Gasteiger partial charge in [0.15, 0.2) is 5.58 Å². The number of hydrogen-bond acceptors (Lipinski definition) is 7. The van der Waals surface area contributed by atoms with Crippen molar-refractivity contribution in [2.24, 2.45) is 0 Å². The minimum Gasteiger partial charge on any atom is -0.465 e. The number of hydrogen-bond donors (Lipinski definition) is 1. The van der Waals surface area contributed by atoms with Crippen molar-refractivity contribution in [1.82, 2.24) is 4.98 Å². The molecule has 174 valence electrons. The molecule has 2 aromatic heterocycles. The molecule has 1 unspecified atom stereocenters. The van der Waals surface area contributed by atoms with E-state index in [-0.39, 0.29) is 12.3 Å². The molecule has 6 nitrogen and oxygen atoms in total. The molecule has 4 aromatic rings. The van der Waals surface area contributed by atoms with Gasteiger partial charge in [-0.05, 0) is 48.4 Å². The number of amides is 1. The number of esters is 1. The molecular formula is C26H24N2O4S2. The van der Waals surface area contributed by atoms with Crippen LogP contribution in [0.5, 0.6) is 0 Å². The molecule has 0 radical (unpaired) electrons. The number of nitrogens with one attached hydrogen (secondary N) is 1. The fourth-order valence-electron chi connectivity index (χ4n) is 4.33. The molecule has 0 saturated carbocycles. The van der Waals surface area contributed by atoms with Crippen LogP contribution in [0.25, 0.3) is 11.1 Å². The lowest BCUT2D eigenvalue weighted by Gasteiger charge is -2.22. The Kier molecular flexibility index (Phi) is 6.69. The summed E-state index contributed by atoms with van der Waals surface area (Å²) >= 11 is 2.89. The van der Waals surface area contributed by atoms with Crippen LogP contribution in [0.2, 0.25) is 0 Å². The number of benzene rings is 2. The Morgan fingerprint density at radius 1 is 1.18 bits per heavy atom. The molecule has 0 spiro atoms. The van der Waals surface area contributed by atoms with E-state index in [4.69, 9.17) is 9.15 Å². The summed E-state index contributed by atoms with van der Waals surface area (Å²) in [5.41, 5.74) is 4.36. The summed E-state index contributed by atoms with van der Waals surface area (Å²) in [5, 5.41) is 4.09. The highest BCUT2D eigenvalue weighted by molar-refractivity contribution is 7.99. The lowest BCUT2D eigenvalue weighted by atomic mass is 9.83. The normalized spacial score (nSPS) is 15.1. The fraction of sp³-hybridized carbons (Fsp3) is 0.269. The Balaban J connectivity index is 1.26. The maximum absolute atomic E-state index is 12.7. The number of carbonyl (C=O) groups excluding carboxylic acids is 2. The van der Waals surface area contributed by atoms with E-state index < -0.39 is 5.97 Å². The Labute approximate surface area is 205 Å². The largest absolute Gasteiger partial charge is 0.465 e. The van der Waals surface area contributed by atoms with Gasteiger partial charge in [0.1, 0.15) is 10.5 Å². The smallest absolute Gasteiger partial charge is 0.341 e. The minimum absolute atomic E-state index is 0.146. The first-order chi connectivity index (χ1) is 16.6. The molecule has 8 heteroatoms. The standard InChI is InChI=1S/C26H24N2O4S2/c1-31-25(30)23-18-12-11-17(16-7-3-2-4-8-16)15-21(18)34-24(23)28-22(29)13-14-33-26-27-19-9-5-6-10-20(19)32-26/h2-10,17H,11-15H2,1H3,(H,28,29). The van der Waals surface area contributed by atoms with Crippen LogP contribution < -0.4 is 5.32 Å². The molecule has 1 aliphatic rings. The number of anilines is 1. The van der Waals surface area contributed by atoms with Crippen LogP contribution in [0.1, 0.15) is 45.1 Å². The summed E-state index contributed by atoms with van der Waals surface area (Å²) in [4.78, 5) is 30.9. The molecule has 1 amide bonds. The molecular weight excluding hydrogens is 468 g/mol. The monoisotopic (exact) mass is 492 g/mol. The average Bonchev–Trinajstić information content (AvgIpc) is 3.44. The van der Waals surface area contributed by atoms with Crippen LogP contribution in [0, 0.1) is 0 Å². The van der Waals surface area contributed by atoms with Crippen molar-refractivity contribution in [1.29, 1.82) is 0 Å². The quantitative estimate of drug-likeness (QED) is 0.249. The number of thiophene rings is 1. The highest BCUT2D eigenvalue weighted by Gasteiger charge is 2.30. The van der Waals surface area contributed by atoms with Gasteiger partial charge in [0.2, 0.25) is 5.91 Å². The molecule has 0 saturated heterocycles. The summed E-state index contributed by atoms with van der Waals surface area (Å²) in [5.74, 6) is 0.390. The van der Waals surface area contributed by atoms with Crippen molar-refractivity contribution < 1.29 is 18.7 Å². The zero-order valence-electron chi connectivity index (χ0n) is 18.7. The number of nitrogens with zero attached hydrogens (tertiary/aromatic N) is 1. The van der Waals surface area contributed by atoms with E-state index in [9.17, 15) is 9.59 Å². The second-order valence-corrected chi connectivity index (χ2v) is 10.3. The highest BCUT2D eigenvalue weighted by atomic mass is 32.2. The molecule has 0 aliphatic heterocycles. The summed E-state index contributed by atoms with van der Waals surface area (Å²) < 4.78 is 10.7. The summed E-state index contributed by atoms with van der Waals surface area (Å²) in [6.45, 7) is 0. The summed E-state index contributed by atoms with van der Waals surface area (Å²) in [6, 6.07) is 18.0. The van der Waals surface area contributed by atoms with Crippen molar-refractivity contribution in [3.8, 4) is 0 Å². The molecule has 1 aliphatic carbocycles. The second kappa shape index (κ2) is 10.0. The van der Waals surface area contributed by atoms with Crippen molar-refractivity contribution in [2.45, 2.75) is 36.8 Å². The number of ether oxygens (including phenoxy) is 1. The van der Waals surface area contributed by atoms with Gasteiger partial charge in [-0.3, -0.25) is 4.79 Å². The van der Waals surface area contributed by atoms with E-state index in [0.717, 1.165) is 40.8 Å². The zero-order chi connectivity index (χ0) is 23.5. The van der Waals surface area contributed by atoms with E-state index >= 15 is 0 Å². The van der Waals surface area contributed by atoms with Gasteiger partial charge in [0.25, 0.3) is 5.22 Å². The lowest BCUT2D eigenvalue weighted by molar-refractivity contribution is -0.115. The van der Waals surface area contributed by atoms with Crippen LogP contribution >= 0.6 is 23.1 Å². The van der Waals surface area contributed by atoms with Crippen molar-refractivity contribution in [2.75, 3.05) is 18.2 Å². The number of aromatic nitrogens is 1. The number of carbonyl (C=O) groups is 2. The van der Waals surface area contributed by atoms with Gasteiger partial charge in [-0.25, -0.2) is 9.78 Å². The fourth-order valence-corrected chi connectivity index (χ4v) is 6.44.